The zero-order chi connectivity index (χ0) is 23.8. The van der Waals surface area contributed by atoms with Crippen LogP contribution in [-0.2, 0) is 20.8 Å². The molecule has 33 heavy (non-hydrogen) atoms. The Kier molecular flexibility index (Phi) is 8.12. The molecule has 2 aromatic carbocycles. The molecule has 3 N–H and O–H groups in total. The van der Waals surface area contributed by atoms with Gasteiger partial charge >= 0.3 is 5.97 Å². The minimum Gasteiger partial charge on any atom is -0.508 e. The first kappa shape index (κ1) is 23.9. The van der Waals surface area contributed by atoms with Gasteiger partial charge in [-0.2, -0.15) is 0 Å². The van der Waals surface area contributed by atoms with E-state index in [0.717, 1.165) is 12.8 Å². The first-order valence-electron chi connectivity index (χ1n) is 10.7. The molecule has 2 aromatic rings. The number of phenols is 1. The molecule has 9 nitrogen and oxygen atoms in total. The lowest BCUT2D eigenvalue weighted by Gasteiger charge is -2.23. The van der Waals surface area contributed by atoms with Crippen LogP contribution in [0.25, 0.3) is 0 Å². The monoisotopic (exact) mass is 456 g/mol. The predicted molar refractivity (Wildman–Crippen MR) is 119 cm³/mol. The van der Waals surface area contributed by atoms with Crippen molar-refractivity contribution < 1.29 is 34.1 Å². The molecule has 1 unspecified atom stereocenters. The topological polar surface area (TPSA) is 125 Å². The number of nitrogens with zero attached hydrogens (tertiary/aromatic N) is 1. The fourth-order valence-corrected chi connectivity index (χ4v) is 3.41. The minimum atomic E-state index is -1.16. The summed E-state index contributed by atoms with van der Waals surface area (Å²) < 4.78 is 10.8. The Morgan fingerprint density at radius 2 is 1.76 bits per heavy atom. The van der Waals surface area contributed by atoms with Gasteiger partial charge in [0.1, 0.15) is 11.8 Å². The highest BCUT2D eigenvalue weighted by molar-refractivity contribution is 5.84. The number of aromatic hydroxyl groups is 1. The maximum Gasteiger partial charge on any atom is 0.326 e. The van der Waals surface area contributed by atoms with Gasteiger partial charge in [0.05, 0.1) is 7.11 Å². The molecule has 0 saturated heterocycles. The molecule has 9 heteroatoms. The SMILES string of the molecule is COc1ccccc1OCC(=O)N(CCC(=O)NC(Cc1ccc(O)cc1)C(=O)O)C1CC1. The van der Waals surface area contributed by atoms with Gasteiger partial charge in [-0.15, -0.1) is 0 Å². The molecule has 1 fully saturated rings. The number of hydrogen-bond acceptors (Lipinski definition) is 6. The number of amides is 2. The number of methoxy groups -OCH3 is 1. The molecular weight excluding hydrogens is 428 g/mol. The quantitative estimate of drug-likeness (QED) is 0.446. The summed E-state index contributed by atoms with van der Waals surface area (Å²) in [5.74, 6) is -0.789. The number of phenolic OH excluding ortho intramolecular Hbond substituents is 1. The minimum absolute atomic E-state index is 0.0176. The van der Waals surface area contributed by atoms with Crippen molar-refractivity contribution in [1.29, 1.82) is 0 Å². The molecule has 0 aromatic heterocycles. The van der Waals surface area contributed by atoms with Crippen molar-refractivity contribution in [3.05, 3.63) is 54.1 Å². The second kappa shape index (κ2) is 11.2. The molecular formula is C24H28N2O7. The van der Waals surface area contributed by atoms with Crippen LogP contribution in [0.15, 0.2) is 48.5 Å². The third kappa shape index (κ3) is 7.13. The number of carboxylic acid groups (broad SMARTS) is 1. The molecule has 0 heterocycles. The van der Waals surface area contributed by atoms with Gasteiger partial charge in [0.2, 0.25) is 5.91 Å². The van der Waals surface area contributed by atoms with Crippen molar-refractivity contribution in [2.75, 3.05) is 20.3 Å². The number of aliphatic carboxylic acids is 1. The van der Waals surface area contributed by atoms with Gasteiger partial charge < -0.3 is 29.9 Å². The van der Waals surface area contributed by atoms with Gasteiger partial charge in [-0.05, 0) is 42.7 Å². The second-order valence-electron chi connectivity index (χ2n) is 7.84. The van der Waals surface area contributed by atoms with E-state index >= 15 is 0 Å². The van der Waals surface area contributed by atoms with Crippen LogP contribution in [0.1, 0.15) is 24.8 Å². The highest BCUT2D eigenvalue weighted by Gasteiger charge is 2.33. The van der Waals surface area contributed by atoms with Gasteiger partial charge in [-0.3, -0.25) is 9.59 Å². The molecule has 0 spiro atoms. The highest BCUT2D eigenvalue weighted by Crippen LogP contribution is 2.28. The van der Waals surface area contributed by atoms with Gasteiger partial charge in [-0.1, -0.05) is 24.3 Å². The van der Waals surface area contributed by atoms with Crippen molar-refractivity contribution in [3.63, 3.8) is 0 Å². The smallest absolute Gasteiger partial charge is 0.326 e. The van der Waals surface area contributed by atoms with E-state index in [0.29, 0.717) is 17.1 Å². The lowest BCUT2D eigenvalue weighted by Crippen LogP contribution is -2.44. The van der Waals surface area contributed by atoms with Crippen LogP contribution in [0.3, 0.4) is 0 Å². The third-order valence-electron chi connectivity index (χ3n) is 5.32. The van der Waals surface area contributed by atoms with E-state index in [1.165, 1.54) is 19.2 Å². The Morgan fingerprint density at radius 3 is 2.36 bits per heavy atom. The molecule has 2 amide bonds. The van der Waals surface area contributed by atoms with E-state index in [1.54, 1.807) is 41.3 Å². The predicted octanol–water partition coefficient (Wildman–Crippen LogP) is 1.97. The van der Waals surface area contributed by atoms with Crippen LogP contribution >= 0.6 is 0 Å². The van der Waals surface area contributed by atoms with E-state index in [9.17, 15) is 24.6 Å². The Morgan fingerprint density at radius 1 is 1.09 bits per heavy atom. The number of ether oxygens (including phenoxy) is 2. The molecule has 1 aliphatic rings. The Bertz CT molecular complexity index is 973. The molecule has 0 radical (unpaired) electrons. The maximum absolute atomic E-state index is 12.7. The van der Waals surface area contributed by atoms with Gasteiger partial charge in [0, 0.05) is 25.4 Å². The fraction of sp³-hybridized carbons (Fsp3) is 0.375. The van der Waals surface area contributed by atoms with E-state index in [-0.39, 0.29) is 43.7 Å². The number of carboxylic acids is 1. The molecule has 1 saturated carbocycles. The molecule has 0 aliphatic heterocycles. The van der Waals surface area contributed by atoms with Gasteiger partial charge in [-0.25, -0.2) is 4.79 Å². The average molecular weight is 456 g/mol. The normalized spacial score (nSPS) is 13.6. The second-order valence-corrected chi connectivity index (χ2v) is 7.84. The number of rotatable bonds is 12. The standard InChI is InChI=1S/C24H28N2O7/c1-32-20-4-2-3-5-21(20)33-15-23(29)26(17-8-9-17)13-12-22(28)25-19(24(30)31)14-16-6-10-18(27)11-7-16/h2-7,10-11,17,19,27H,8-9,12-15H2,1H3,(H,25,28)(H,30,31). The molecule has 3 rings (SSSR count). The lowest BCUT2D eigenvalue weighted by atomic mass is 10.1. The van der Waals surface area contributed by atoms with Crippen molar-refractivity contribution in [3.8, 4) is 17.2 Å². The zero-order valence-electron chi connectivity index (χ0n) is 18.4. The summed E-state index contributed by atoms with van der Waals surface area (Å²) in [6, 6.07) is 12.1. The van der Waals surface area contributed by atoms with Gasteiger partial charge in [0.15, 0.2) is 18.1 Å². The van der Waals surface area contributed by atoms with E-state index in [1.807, 2.05) is 0 Å². The van der Waals surface area contributed by atoms with E-state index in [2.05, 4.69) is 5.32 Å². The Balaban J connectivity index is 1.52. The van der Waals surface area contributed by atoms with Crippen molar-refractivity contribution in [1.82, 2.24) is 10.2 Å². The summed E-state index contributed by atoms with van der Waals surface area (Å²) in [4.78, 5) is 38.4. The number of nitrogens with one attached hydrogen (secondary N) is 1. The van der Waals surface area contributed by atoms with E-state index in [4.69, 9.17) is 9.47 Å². The van der Waals surface area contributed by atoms with Crippen LogP contribution in [0.5, 0.6) is 17.2 Å². The van der Waals surface area contributed by atoms with Gasteiger partial charge in [0.25, 0.3) is 5.91 Å². The largest absolute Gasteiger partial charge is 0.508 e. The summed E-state index contributed by atoms with van der Waals surface area (Å²) in [6.07, 6.45) is 1.79. The molecule has 176 valence electrons. The van der Waals surface area contributed by atoms with Crippen LogP contribution in [-0.4, -0.2) is 65.2 Å². The first-order valence-corrected chi connectivity index (χ1v) is 10.7. The Hall–Kier alpha value is -3.75. The molecule has 1 aliphatic carbocycles. The summed E-state index contributed by atoms with van der Waals surface area (Å²) >= 11 is 0. The number of benzene rings is 2. The summed E-state index contributed by atoms with van der Waals surface area (Å²) in [5.41, 5.74) is 0.670. The maximum atomic E-state index is 12.7. The van der Waals surface area contributed by atoms with E-state index < -0.39 is 17.9 Å². The summed E-state index contributed by atoms with van der Waals surface area (Å²) in [5, 5.41) is 21.3. The first-order chi connectivity index (χ1) is 15.9. The van der Waals surface area contributed by atoms with Crippen molar-refractivity contribution in [2.24, 2.45) is 0 Å². The number of carbonyl (C=O) groups excluding carboxylic acids is 2. The third-order valence-corrected chi connectivity index (χ3v) is 5.32. The fourth-order valence-electron chi connectivity index (χ4n) is 3.41. The van der Waals surface area contributed by atoms with Crippen LogP contribution in [0.4, 0.5) is 0 Å². The molecule has 0 bridgehead atoms. The number of para-hydroxylation sites is 2. The number of hydrogen-bond donors (Lipinski definition) is 3. The summed E-state index contributed by atoms with van der Waals surface area (Å²) in [6.45, 7) is -0.00668. The lowest BCUT2D eigenvalue weighted by molar-refractivity contribution is -0.142. The van der Waals surface area contributed by atoms with Crippen molar-refractivity contribution >= 4 is 17.8 Å². The Labute approximate surface area is 191 Å². The van der Waals surface area contributed by atoms with Crippen LogP contribution < -0.4 is 14.8 Å². The zero-order valence-corrected chi connectivity index (χ0v) is 18.4. The number of carbonyl (C=O) groups is 3. The van der Waals surface area contributed by atoms with Crippen molar-refractivity contribution in [2.45, 2.75) is 37.8 Å². The summed E-state index contributed by atoms with van der Waals surface area (Å²) in [7, 11) is 1.52. The van der Waals surface area contributed by atoms with Crippen LogP contribution in [0.2, 0.25) is 0 Å². The highest BCUT2D eigenvalue weighted by atomic mass is 16.5. The average Bonchev–Trinajstić information content (AvgIpc) is 3.64. The van der Waals surface area contributed by atoms with Crippen LogP contribution in [0, 0.1) is 0 Å². The molecule has 1 atom stereocenters.